The van der Waals surface area contributed by atoms with Crippen molar-refractivity contribution < 1.29 is 4.79 Å². The molecule has 0 aliphatic carbocycles. The highest BCUT2D eigenvalue weighted by Gasteiger charge is 2.28. The predicted octanol–water partition coefficient (Wildman–Crippen LogP) is 2.94. The number of piperazine rings is 1. The fraction of sp³-hybridized carbons (Fsp3) is 0.375. The van der Waals surface area contributed by atoms with E-state index in [0.717, 1.165) is 18.7 Å². The number of benzene rings is 1. The topological polar surface area (TPSA) is 50.2 Å². The lowest BCUT2D eigenvalue weighted by atomic mass is 10.0. The quantitative estimate of drug-likeness (QED) is 0.872. The lowest BCUT2D eigenvalue weighted by Gasteiger charge is -2.37. The zero-order valence-corrected chi connectivity index (χ0v) is 15.5. The van der Waals surface area contributed by atoms with Crippen molar-refractivity contribution in [3.05, 3.63) is 53.6 Å². The molecule has 0 spiro atoms. The van der Waals surface area contributed by atoms with Gasteiger partial charge in [-0.05, 0) is 11.6 Å². The van der Waals surface area contributed by atoms with Crippen LogP contribution in [0.15, 0.2) is 43.0 Å². The summed E-state index contributed by atoms with van der Waals surface area (Å²) in [5.74, 6) is 0.153. The van der Waals surface area contributed by atoms with E-state index in [1.165, 1.54) is 0 Å². The van der Waals surface area contributed by atoms with Crippen molar-refractivity contribution in [1.82, 2.24) is 19.8 Å². The first-order chi connectivity index (χ1) is 10.8. The number of rotatable bonds is 4. The zero-order valence-electron chi connectivity index (χ0n) is 13.1. The molecule has 1 aromatic heterocycles. The number of hydrogen-bond acceptors (Lipinski definition) is 3. The van der Waals surface area contributed by atoms with E-state index in [4.69, 9.17) is 11.6 Å². The van der Waals surface area contributed by atoms with Gasteiger partial charge in [0.15, 0.2) is 0 Å². The van der Waals surface area contributed by atoms with Gasteiger partial charge in [-0.2, -0.15) is 0 Å². The summed E-state index contributed by atoms with van der Waals surface area (Å²) in [6, 6.07) is 7.74. The normalized spacial score (nSPS) is 16.9. The van der Waals surface area contributed by atoms with Gasteiger partial charge in [0.2, 0.25) is 5.91 Å². The first-order valence-corrected chi connectivity index (χ1v) is 7.84. The number of carbonyl (C=O) groups excluding carboxylic acids is 1. The van der Waals surface area contributed by atoms with E-state index in [-0.39, 0.29) is 36.8 Å². The van der Waals surface area contributed by atoms with E-state index in [1.54, 1.807) is 12.5 Å². The molecule has 1 amide bonds. The van der Waals surface area contributed by atoms with Gasteiger partial charge in [0.1, 0.15) is 0 Å². The number of nitrogens with one attached hydrogen (secondary N) is 1. The Hall–Kier alpha value is -1.27. The first-order valence-electron chi connectivity index (χ1n) is 7.46. The summed E-state index contributed by atoms with van der Waals surface area (Å²) < 4.78 is 1.92. The third kappa shape index (κ3) is 4.86. The molecule has 0 saturated carbocycles. The molecular formula is C16H21Cl3N4O. The molecule has 3 rings (SSSR count). The van der Waals surface area contributed by atoms with E-state index < -0.39 is 0 Å². The zero-order chi connectivity index (χ0) is 15.4. The van der Waals surface area contributed by atoms with Crippen molar-refractivity contribution in [2.45, 2.75) is 19.0 Å². The van der Waals surface area contributed by atoms with Crippen LogP contribution >= 0.6 is 36.4 Å². The Kier molecular flexibility index (Phi) is 8.56. The molecule has 0 radical (unpaired) electrons. The van der Waals surface area contributed by atoms with Crippen molar-refractivity contribution in [2.75, 3.05) is 19.6 Å². The van der Waals surface area contributed by atoms with Crippen LogP contribution in [0.2, 0.25) is 5.02 Å². The number of amides is 1. The third-order valence-electron chi connectivity index (χ3n) is 3.97. The lowest BCUT2D eigenvalue weighted by molar-refractivity contribution is -0.134. The van der Waals surface area contributed by atoms with Gasteiger partial charge in [-0.15, -0.1) is 24.8 Å². The van der Waals surface area contributed by atoms with Crippen LogP contribution in [0.25, 0.3) is 0 Å². The summed E-state index contributed by atoms with van der Waals surface area (Å²) in [4.78, 5) is 18.5. The Labute approximate surface area is 159 Å². The Morgan fingerprint density at radius 3 is 2.83 bits per heavy atom. The second kappa shape index (κ2) is 9.89. The summed E-state index contributed by atoms with van der Waals surface area (Å²) >= 11 is 6.31. The summed E-state index contributed by atoms with van der Waals surface area (Å²) in [6.45, 7) is 2.91. The molecule has 132 valence electrons. The van der Waals surface area contributed by atoms with Crippen LogP contribution in [0.4, 0.5) is 0 Å². The van der Waals surface area contributed by atoms with Gasteiger partial charge in [0.25, 0.3) is 0 Å². The lowest BCUT2D eigenvalue weighted by Crippen LogP contribution is -2.48. The maximum atomic E-state index is 12.6. The number of hydrogen-bond donors (Lipinski definition) is 1. The second-order valence-corrected chi connectivity index (χ2v) is 5.79. The SMILES string of the molecule is Cl.Cl.O=C(CCn1ccnc1)N1CCNCC1c1ccccc1Cl. The van der Waals surface area contributed by atoms with Crippen molar-refractivity contribution in [2.24, 2.45) is 0 Å². The third-order valence-corrected chi connectivity index (χ3v) is 4.32. The van der Waals surface area contributed by atoms with Gasteiger partial charge >= 0.3 is 0 Å². The number of imidazole rings is 1. The molecule has 1 aliphatic rings. The molecule has 1 atom stereocenters. The number of aryl methyl sites for hydroxylation is 1. The van der Waals surface area contributed by atoms with Crippen molar-refractivity contribution in [3.8, 4) is 0 Å². The molecule has 1 saturated heterocycles. The van der Waals surface area contributed by atoms with Crippen LogP contribution < -0.4 is 5.32 Å². The predicted molar refractivity (Wildman–Crippen MR) is 100 cm³/mol. The number of carbonyl (C=O) groups is 1. The number of halogens is 3. The highest BCUT2D eigenvalue weighted by atomic mass is 35.5. The van der Waals surface area contributed by atoms with Gasteiger partial charge in [-0.3, -0.25) is 4.79 Å². The minimum atomic E-state index is -0.00210. The van der Waals surface area contributed by atoms with E-state index in [1.807, 2.05) is 39.9 Å². The van der Waals surface area contributed by atoms with Crippen LogP contribution in [-0.2, 0) is 11.3 Å². The molecule has 1 fully saturated rings. The minimum absolute atomic E-state index is 0. The molecule has 24 heavy (non-hydrogen) atoms. The average Bonchev–Trinajstić information content (AvgIpc) is 3.06. The summed E-state index contributed by atoms with van der Waals surface area (Å²) in [5.41, 5.74) is 1.01. The Bertz CT molecular complexity index is 636. The highest BCUT2D eigenvalue weighted by Crippen LogP contribution is 2.28. The molecule has 0 bridgehead atoms. The molecule has 8 heteroatoms. The molecule has 5 nitrogen and oxygen atoms in total. The van der Waals surface area contributed by atoms with Gasteiger partial charge in [0.05, 0.1) is 12.4 Å². The molecule has 2 aromatic rings. The smallest absolute Gasteiger partial charge is 0.224 e. The summed E-state index contributed by atoms with van der Waals surface area (Å²) in [5, 5.41) is 4.06. The maximum absolute atomic E-state index is 12.6. The van der Waals surface area contributed by atoms with Crippen LogP contribution in [0, 0.1) is 0 Å². The van der Waals surface area contributed by atoms with E-state index in [0.29, 0.717) is 24.5 Å². The van der Waals surface area contributed by atoms with Gasteiger partial charge in [-0.25, -0.2) is 4.98 Å². The van der Waals surface area contributed by atoms with Gasteiger partial charge in [-0.1, -0.05) is 29.8 Å². The molecule has 1 unspecified atom stereocenters. The van der Waals surface area contributed by atoms with Crippen LogP contribution in [0.1, 0.15) is 18.0 Å². The maximum Gasteiger partial charge on any atom is 0.224 e. The number of aromatic nitrogens is 2. The fourth-order valence-electron chi connectivity index (χ4n) is 2.81. The standard InChI is InChI=1S/C16H19ClN4O.2ClH/c17-14-4-2-1-3-13(14)15-11-18-7-10-21(15)16(22)5-8-20-9-6-19-12-20;;/h1-4,6,9,12,15,18H,5,7-8,10-11H2;2*1H. The number of nitrogens with zero attached hydrogens (tertiary/aromatic N) is 3. The first kappa shape index (κ1) is 20.8. The highest BCUT2D eigenvalue weighted by molar-refractivity contribution is 6.31. The summed E-state index contributed by atoms with van der Waals surface area (Å²) in [6.07, 6.45) is 5.80. The largest absolute Gasteiger partial charge is 0.337 e. The van der Waals surface area contributed by atoms with Gasteiger partial charge in [0, 0.05) is 50.0 Å². The monoisotopic (exact) mass is 390 g/mol. The van der Waals surface area contributed by atoms with E-state index in [2.05, 4.69) is 10.3 Å². The fourth-order valence-corrected chi connectivity index (χ4v) is 3.08. The minimum Gasteiger partial charge on any atom is -0.337 e. The molecule has 2 heterocycles. The summed E-state index contributed by atoms with van der Waals surface area (Å²) in [7, 11) is 0. The second-order valence-electron chi connectivity index (χ2n) is 5.38. The van der Waals surface area contributed by atoms with Gasteiger partial charge < -0.3 is 14.8 Å². The van der Waals surface area contributed by atoms with Crippen LogP contribution in [0.5, 0.6) is 0 Å². The molecule has 1 aromatic carbocycles. The average molecular weight is 392 g/mol. The van der Waals surface area contributed by atoms with Crippen LogP contribution in [0.3, 0.4) is 0 Å². The van der Waals surface area contributed by atoms with Crippen molar-refractivity contribution in [1.29, 1.82) is 0 Å². The van der Waals surface area contributed by atoms with Crippen LogP contribution in [-0.4, -0.2) is 40.0 Å². The molecular weight excluding hydrogens is 371 g/mol. The Morgan fingerprint density at radius 1 is 1.33 bits per heavy atom. The van der Waals surface area contributed by atoms with Crippen molar-refractivity contribution in [3.63, 3.8) is 0 Å². The molecule has 1 N–H and O–H groups in total. The Morgan fingerprint density at radius 2 is 2.12 bits per heavy atom. The van der Waals surface area contributed by atoms with E-state index >= 15 is 0 Å². The Balaban J connectivity index is 0.00000144. The van der Waals surface area contributed by atoms with E-state index in [9.17, 15) is 4.79 Å². The molecule has 1 aliphatic heterocycles. The van der Waals surface area contributed by atoms with Crippen molar-refractivity contribution >= 4 is 42.3 Å².